The number of sulfonamides is 1. The number of halogens is 3. The Labute approximate surface area is 217 Å². The van der Waals surface area contributed by atoms with E-state index in [1.54, 1.807) is 38.2 Å². The van der Waals surface area contributed by atoms with E-state index in [4.69, 9.17) is 9.26 Å². The molecule has 38 heavy (non-hydrogen) atoms. The van der Waals surface area contributed by atoms with Gasteiger partial charge in [0.15, 0.2) is 0 Å². The molecular formula is C24H26F3N5O5S. The fourth-order valence-electron chi connectivity index (χ4n) is 3.90. The number of benzene rings is 2. The number of hydrogen-bond donors (Lipinski definition) is 0. The molecular weight excluding hydrogens is 527 g/mol. The summed E-state index contributed by atoms with van der Waals surface area (Å²) < 4.78 is 75.3. The normalized spacial score (nSPS) is 16.5. The average Bonchev–Trinajstić information content (AvgIpc) is 3.47. The predicted octanol–water partition coefficient (Wildman–Crippen LogP) is 3.64. The molecule has 0 aliphatic carbocycles. The molecule has 1 fully saturated rings. The van der Waals surface area contributed by atoms with Crippen molar-refractivity contribution >= 4 is 21.8 Å². The molecule has 1 amide bonds. The summed E-state index contributed by atoms with van der Waals surface area (Å²) in [5.41, 5.74) is 0.466. The van der Waals surface area contributed by atoms with E-state index in [-0.39, 0.29) is 11.4 Å². The number of anilines is 1. The minimum atomic E-state index is -4.55. The van der Waals surface area contributed by atoms with Crippen molar-refractivity contribution in [3.05, 3.63) is 60.0 Å². The van der Waals surface area contributed by atoms with Crippen molar-refractivity contribution in [3.8, 4) is 11.4 Å². The first-order valence-electron chi connectivity index (χ1n) is 11.6. The lowest BCUT2D eigenvalue weighted by Crippen LogP contribution is -2.38. The van der Waals surface area contributed by atoms with Crippen molar-refractivity contribution in [2.45, 2.75) is 24.1 Å². The van der Waals surface area contributed by atoms with E-state index in [1.165, 1.54) is 11.9 Å². The molecule has 0 radical (unpaired) electrons. The van der Waals surface area contributed by atoms with Gasteiger partial charge < -0.3 is 14.2 Å². The largest absolute Gasteiger partial charge is 0.443 e. The fourth-order valence-corrected chi connectivity index (χ4v) is 5.06. The zero-order valence-electron chi connectivity index (χ0n) is 20.8. The number of nitrogens with zero attached hydrogens (tertiary/aromatic N) is 5. The van der Waals surface area contributed by atoms with Crippen LogP contribution in [0.3, 0.4) is 0 Å². The van der Waals surface area contributed by atoms with Crippen LogP contribution in [-0.2, 0) is 20.9 Å². The summed E-state index contributed by atoms with van der Waals surface area (Å²) in [6, 6.07) is 10.4. The highest BCUT2D eigenvalue weighted by Crippen LogP contribution is 2.30. The highest BCUT2D eigenvalue weighted by Gasteiger charge is 2.34. The van der Waals surface area contributed by atoms with Gasteiger partial charge in [-0.05, 0) is 55.6 Å². The number of carbonyl (C=O) groups excluding carboxylic acids is 1. The lowest BCUT2D eigenvalue weighted by molar-refractivity contribution is -0.137. The Hall–Kier alpha value is -3.49. The van der Waals surface area contributed by atoms with Crippen LogP contribution in [0.15, 0.2) is 57.9 Å². The zero-order chi connectivity index (χ0) is 27.7. The van der Waals surface area contributed by atoms with Gasteiger partial charge in [-0.1, -0.05) is 5.16 Å². The number of hydrogen-bond acceptors (Lipinski definition) is 8. The highest BCUT2D eigenvalue weighted by molar-refractivity contribution is 7.89. The first-order chi connectivity index (χ1) is 17.8. The Morgan fingerprint density at radius 1 is 1.05 bits per heavy atom. The Balaban J connectivity index is 1.29. The number of rotatable bonds is 9. The summed E-state index contributed by atoms with van der Waals surface area (Å²) in [6.45, 7) is 2.75. The maximum absolute atomic E-state index is 12.8. The molecule has 1 aliphatic rings. The van der Waals surface area contributed by atoms with Crippen LogP contribution in [-0.4, -0.2) is 80.2 Å². The standard InChI is InChI=1S/C24H26F3N5O5S/c1-16-28-22(29-37-16)17-4-8-19(9-5-17)32-15-20(36-23(32)33)14-30(2)12-13-31(3)38(34,35)21-10-6-18(7-11-21)24(25,26)27/h4-11,20H,12-15H2,1-3H3. The summed E-state index contributed by atoms with van der Waals surface area (Å²) in [6.07, 6.45) is -5.48. The van der Waals surface area contributed by atoms with Crippen LogP contribution >= 0.6 is 0 Å². The van der Waals surface area contributed by atoms with Gasteiger partial charge in [0.05, 0.1) is 17.0 Å². The number of aromatic nitrogens is 2. The van der Waals surface area contributed by atoms with Crippen LogP contribution in [0.1, 0.15) is 11.5 Å². The van der Waals surface area contributed by atoms with Crippen molar-refractivity contribution in [1.82, 2.24) is 19.3 Å². The van der Waals surface area contributed by atoms with Crippen LogP contribution in [0, 0.1) is 6.92 Å². The number of cyclic esters (lactones) is 1. The minimum absolute atomic E-state index is 0.0846. The van der Waals surface area contributed by atoms with Crippen molar-refractivity contribution in [3.63, 3.8) is 0 Å². The molecule has 0 bridgehead atoms. The van der Waals surface area contributed by atoms with Crippen LogP contribution in [0.5, 0.6) is 0 Å². The van der Waals surface area contributed by atoms with E-state index in [0.29, 0.717) is 37.0 Å². The molecule has 1 atom stereocenters. The molecule has 3 aromatic rings. The average molecular weight is 554 g/mol. The van der Waals surface area contributed by atoms with Gasteiger partial charge >= 0.3 is 12.3 Å². The van der Waals surface area contributed by atoms with Crippen LogP contribution in [0.25, 0.3) is 11.4 Å². The van der Waals surface area contributed by atoms with Gasteiger partial charge in [-0.15, -0.1) is 0 Å². The maximum atomic E-state index is 12.8. The molecule has 1 aliphatic heterocycles. The lowest BCUT2D eigenvalue weighted by atomic mass is 10.2. The molecule has 0 saturated carbocycles. The second-order valence-corrected chi connectivity index (χ2v) is 11.0. The Morgan fingerprint density at radius 2 is 1.71 bits per heavy atom. The summed E-state index contributed by atoms with van der Waals surface area (Å²) in [5.74, 6) is 0.894. The van der Waals surface area contributed by atoms with Gasteiger partial charge in [-0.25, -0.2) is 13.2 Å². The molecule has 0 spiro atoms. The second-order valence-electron chi connectivity index (χ2n) is 8.91. The van der Waals surface area contributed by atoms with Crippen molar-refractivity contribution in [1.29, 1.82) is 0 Å². The fraction of sp³-hybridized carbons (Fsp3) is 0.375. The molecule has 4 rings (SSSR count). The number of likely N-dealkylation sites (N-methyl/N-ethyl adjacent to an activating group) is 2. The maximum Gasteiger partial charge on any atom is 0.416 e. The summed E-state index contributed by atoms with van der Waals surface area (Å²) in [7, 11) is -0.850. The number of alkyl halides is 3. The smallest absolute Gasteiger partial charge is 0.416 e. The molecule has 204 valence electrons. The number of ether oxygens (including phenoxy) is 1. The molecule has 2 heterocycles. The molecule has 14 heteroatoms. The van der Waals surface area contributed by atoms with Gasteiger partial charge in [0.25, 0.3) is 0 Å². The number of amides is 1. The number of aryl methyl sites for hydroxylation is 1. The topological polar surface area (TPSA) is 109 Å². The van der Waals surface area contributed by atoms with E-state index in [2.05, 4.69) is 10.1 Å². The summed E-state index contributed by atoms with van der Waals surface area (Å²) in [5, 5.41) is 3.87. The van der Waals surface area contributed by atoms with Crippen LogP contribution in [0.4, 0.5) is 23.7 Å². The van der Waals surface area contributed by atoms with Crippen LogP contribution < -0.4 is 4.90 Å². The third kappa shape index (κ3) is 6.14. The van der Waals surface area contributed by atoms with E-state index in [1.807, 2.05) is 4.90 Å². The molecule has 10 nitrogen and oxygen atoms in total. The van der Waals surface area contributed by atoms with E-state index < -0.39 is 34.0 Å². The van der Waals surface area contributed by atoms with Gasteiger partial charge in [0.2, 0.25) is 21.7 Å². The predicted molar refractivity (Wildman–Crippen MR) is 131 cm³/mol. The minimum Gasteiger partial charge on any atom is -0.443 e. The van der Waals surface area contributed by atoms with E-state index in [0.717, 1.165) is 34.1 Å². The molecule has 1 saturated heterocycles. The lowest BCUT2D eigenvalue weighted by Gasteiger charge is -2.23. The first kappa shape index (κ1) is 27.5. The third-order valence-corrected chi connectivity index (χ3v) is 7.91. The zero-order valence-corrected chi connectivity index (χ0v) is 21.7. The molecule has 0 N–H and O–H groups in total. The van der Waals surface area contributed by atoms with Gasteiger partial charge in [0.1, 0.15) is 6.10 Å². The van der Waals surface area contributed by atoms with E-state index >= 15 is 0 Å². The second kappa shape index (κ2) is 10.7. The SMILES string of the molecule is Cc1nc(-c2ccc(N3CC(CN(C)CCN(C)S(=O)(=O)c4ccc(C(F)(F)F)cc4)OC3=O)cc2)no1. The summed E-state index contributed by atoms with van der Waals surface area (Å²) in [4.78, 5) is 19.7. The monoisotopic (exact) mass is 553 g/mol. The van der Waals surface area contributed by atoms with E-state index in [9.17, 15) is 26.4 Å². The Kier molecular flexibility index (Phi) is 7.76. The molecule has 1 unspecified atom stereocenters. The molecule has 2 aromatic carbocycles. The summed E-state index contributed by atoms with van der Waals surface area (Å²) >= 11 is 0. The van der Waals surface area contributed by atoms with Gasteiger partial charge in [0, 0.05) is 44.9 Å². The molecule has 1 aromatic heterocycles. The van der Waals surface area contributed by atoms with Crippen molar-refractivity contribution in [2.24, 2.45) is 0 Å². The Bertz CT molecular complexity index is 1380. The highest BCUT2D eigenvalue weighted by atomic mass is 32.2. The van der Waals surface area contributed by atoms with Crippen molar-refractivity contribution < 1.29 is 35.6 Å². The van der Waals surface area contributed by atoms with Gasteiger partial charge in [-0.3, -0.25) is 4.90 Å². The first-order valence-corrected chi connectivity index (χ1v) is 13.0. The third-order valence-electron chi connectivity index (χ3n) is 6.04. The van der Waals surface area contributed by atoms with Gasteiger partial charge in [-0.2, -0.15) is 22.5 Å². The number of carbonyl (C=O) groups is 1. The van der Waals surface area contributed by atoms with Crippen molar-refractivity contribution in [2.75, 3.05) is 45.2 Å². The Morgan fingerprint density at radius 3 is 2.29 bits per heavy atom. The quantitative estimate of drug-likeness (QED) is 0.395. The van der Waals surface area contributed by atoms with Crippen LogP contribution in [0.2, 0.25) is 0 Å².